The molecule has 0 aliphatic carbocycles. The summed E-state index contributed by atoms with van der Waals surface area (Å²) in [7, 11) is 0. The number of para-hydroxylation sites is 1. The molecule has 4 nitrogen and oxygen atoms in total. The van der Waals surface area contributed by atoms with Gasteiger partial charge in [-0.25, -0.2) is 0 Å². The van der Waals surface area contributed by atoms with E-state index in [0.29, 0.717) is 11.3 Å². The monoisotopic (exact) mass is 522 g/mol. The third-order valence-electron chi connectivity index (χ3n) is 6.09. The zero-order chi connectivity index (χ0) is 25.9. The highest BCUT2D eigenvalue weighted by molar-refractivity contribution is 8.02. The summed E-state index contributed by atoms with van der Waals surface area (Å²) in [6.07, 6.45) is -9.23. The van der Waals surface area contributed by atoms with Gasteiger partial charge in [-0.05, 0) is 42.0 Å². The minimum absolute atomic E-state index is 0.0936. The molecule has 2 heterocycles. The Labute approximate surface area is 205 Å². The van der Waals surface area contributed by atoms with Gasteiger partial charge in [-0.2, -0.15) is 26.3 Å². The lowest BCUT2D eigenvalue weighted by Gasteiger charge is -2.33. The number of alkyl halides is 6. The standard InChI is InChI=1S/C25H16F6N2O2S/c26-24(27,28)16-6-3-5-15(11-16)13-32-20-10-2-1-9-19(20)23(22(32)35)33(21(34)14-36-23)18-8-4-7-17(12-18)25(29,30)31/h1-12H,13-14H2/t23-/m1/s1. The predicted molar refractivity (Wildman–Crippen MR) is 122 cm³/mol. The van der Waals surface area contributed by atoms with E-state index in [4.69, 9.17) is 0 Å². The van der Waals surface area contributed by atoms with E-state index < -0.39 is 40.2 Å². The number of amides is 2. The van der Waals surface area contributed by atoms with Crippen LogP contribution in [0.15, 0.2) is 72.8 Å². The van der Waals surface area contributed by atoms with Crippen LogP contribution < -0.4 is 9.80 Å². The maximum Gasteiger partial charge on any atom is 0.416 e. The van der Waals surface area contributed by atoms with Crippen LogP contribution in [0.2, 0.25) is 0 Å². The van der Waals surface area contributed by atoms with Gasteiger partial charge in [0.25, 0.3) is 5.91 Å². The zero-order valence-electron chi connectivity index (χ0n) is 18.2. The summed E-state index contributed by atoms with van der Waals surface area (Å²) >= 11 is 0.973. The number of carbonyl (C=O) groups is 2. The molecule has 2 aliphatic rings. The molecule has 0 unspecified atom stereocenters. The molecule has 1 fully saturated rings. The summed E-state index contributed by atoms with van der Waals surface area (Å²) in [5.74, 6) is -1.33. The molecule has 3 aromatic carbocycles. The molecule has 36 heavy (non-hydrogen) atoms. The summed E-state index contributed by atoms with van der Waals surface area (Å²) in [6.45, 7) is -0.216. The van der Waals surface area contributed by atoms with Crippen molar-refractivity contribution in [2.45, 2.75) is 23.8 Å². The van der Waals surface area contributed by atoms with Gasteiger partial charge in [0.1, 0.15) is 0 Å². The second-order valence-electron chi connectivity index (χ2n) is 8.32. The lowest BCUT2D eigenvalue weighted by Crippen LogP contribution is -2.49. The van der Waals surface area contributed by atoms with Crippen LogP contribution in [-0.4, -0.2) is 17.6 Å². The molecule has 0 N–H and O–H groups in total. The fourth-order valence-electron chi connectivity index (χ4n) is 4.56. The molecule has 0 bridgehead atoms. The SMILES string of the molecule is O=C1CS[C@]2(C(=O)N(Cc3cccc(C(F)(F)F)c3)c3ccccc32)N1c1cccc(C(F)(F)F)c1. The Balaban J connectivity index is 1.60. The number of halogens is 6. The lowest BCUT2D eigenvalue weighted by molar-refractivity contribution is -0.138. The second-order valence-corrected chi connectivity index (χ2v) is 9.48. The quantitative estimate of drug-likeness (QED) is 0.385. The molecule has 1 spiro atoms. The van der Waals surface area contributed by atoms with Crippen molar-refractivity contribution < 1.29 is 35.9 Å². The van der Waals surface area contributed by atoms with E-state index in [1.165, 1.54) is 23.1 Å². The largest absolute Gasteiger partial charge is 0.416 e. The van der Waals surface area contributed by atoms with E-state index in [9.17, 15) is 35.9 Å². The molecule has 1 saturated heterocycles. The molecule has 5 rings (SSSR count). The molecule has 1 atom stereocenters. The van der Waals surface area contributed by atoms with Crippen molar-refractivity contribution in [2.75, 3.05) is 15.6 Å². The van der Waals surface area contributed by atoms with E-state index in [-0.39, 0.29) is 23.5 Å². The number of benzene rings is 3. The maximum absolute atomic E-state index is 14.0. The number of anilines is 2. The number of carbonyl (C=O) groups excluding carboxylic acids is 2. The highest BCUT2D eigenvalue weighted by atomic mass is 32.2. The van der Waals surface area contributed by atoms with Crippen LogP contribution in [-0.2, 0) is 33.4 Å². The summed E-state index contributed by atoms with van der Waals surface area (Å²) < 4.78 is 79.9. The Morgan fingerprint density at radius 3 is 2.14 bits per heavy atom. The van der Waals surface area contributed by atoms with Gasteiger partial charge in [0.05, 0.1) is 29.1 Å². The molecular weight excluding hydrogens is 506 g/mol. The van der Waals surface area contributed by atoms with Gasteiger partial charge in [0, 0.05) is 11.3 Å². The molecule has 11 heteroatoms. The third kappa shape index (κ3) is 3.82. The summed E-state index contributed by atoms with van der Waals surface area (Å²) in [4.78, 5) is 27.6. The Hall–Kier alpha value is -3.47. The van der Waals surface area contributed by atoms with Crippen molar-refractivity contribution in [3.05, 3.63) is 95.1 Å². The highest BCUT2D eigenvalue weighted by Crippen LogP contribution is 2.56. The lowest BCUT2D eigenvalue weighted by atomic mass is 10.0. The minimum Gasteiger partial charge on any atom is -0.304 e. The van der Waals surface area contributed by atoms with Crippen molar-refractivity contribution in [1.82, 2.24) is 0 Å². The number of fused-ring (bicyclic) bond motifs is 2. The van der Waals surface area contributed by atoms with Crippen molar-refractivity contribution in [1.29, 1.82) is 0 Å². The molecule has 186 valence electrons. The number of rotatable bonds is 3. The van der Waals surface area contributed by atoms with Gasteiger partial charge >= 0.3 is 12.4 Å². The first-order valence-corrected chi connectivity index (χ1v) is 11.6. The van der Waals surface area contributed by atoms with Gasteiger partial charge in [-0.15, -0.1) is 11.8 Å². The minimum atomic E-state index is -4.66. The number of nitrogens with zero attached hydrogens (tertiary/aromatic N) is 2. The Morgan fingerprint density at radius 2 is 1.44 bits per heavy atom. The van der Waals surface area contributed by atoms with Gasteiger partial charge in [0.15, 0.2) is 0 Å². The van der Waals surface area contributed by atoms with Gasteiger partial charge in [0.2, 0.25) is 10.8 Å². The van der Waals surface area contributed by atoms with Crippen molar-refractivity contribution in [3.8, 4) is 0 Å². The first-order chi connectivity index (χ1) is 16.9. The predicted octanol–water partition coefficient (Wildman–Crippen LogP) is 6.20. The Kier molecular flexibility index (Phi) is 5.58. The summed E-state index contributed by atoms with van der Waals surface area (Å²) in [5.41, 5.74) is -0.965. The van der Waals surface area contributed by atoms with Gasteiger partial charge in [-0.3, -0.25) is 14.5 Å². The van der Waals surface area contributed by atoms with Crippen LogP contribution in [0.4, 0.5) is 37.7 Å². The molecule has 0 radical (unpaired) electrons. The summed E-state index contributed by atoms with van der Waals surface area (Å²) in [5, 5.41) is 0. The molecular formula is C25H16F6N2O2S. The van der Waals surface area contributed by atoms with Crippen molar-refractivity contribution in [2.24, 2.45) is 0 Å². The van der Waals surface area contributed by atoms with Crippen LogP contribution in [0.5, 0.6) is 0 Å². The van der Waals surface area contributed by atoms with E-state index in [2.05, 4.69) is 0 Å². The van der Waals surface area contributed by atoms with Gasteiger partial charge < -0.3 is 4.90 Å². The topological polar surface area (TPSA) is 40.6 Å². The number of hydrogen-bond donors (Lipinski definition) is 0. The average molecular weight is 522 g/mol. The summed E-state index contributed by atoms with van der Waals surface area (Å²) in [6, 6.07) is 15.2. The normalized spacial score (nSPS) is 19.9. The van der Waals surface area contributed by atoms with Crippen molar-refractivity contribution in [3.63, 3.8) is 0 Å². The molecule has 3 aromatic rings. The van der Waals surface area contributed by atoms with E-state index in [1.807, 2.05) is 0 Å². The van der Waals surface area contributed by atoms with E-state index in [0.717, 1.165) is 47.0 Å². The van der Waals surface area contributed by atoms with E-state index in [1.54, 1.807) is 24.3 Å². The van der Waals surface area contributed by atoms with Crippen LogP contribution in [0.1, 0.15) is 22.3 Å². The van der Waals surface area contributed by atoms with Crippen LogP contribution >= 0.6 is 11.8 Å². The average Bonchev–Trinajstić information content (AvgIpc) is 3.29. The van der Waals surface area contributed by atoms with Crippen LogP contribution in [0, 0.1) is 0 Å². The smallest absolute Gasteiger partial charge is 0.304 e. The zero-order valence-corrected chi connectivity index (χ0v) is 19.0. The Morgan fingerprint density at radius 1 is 0.806 bits per heavy atom. The molecule has 0 saturated carbocycles. The van der Waals surface area contributed by atoms with E-state index >= 15 is 0 Å². The fraction of sp³-hybridized carbons (Fsp3) is 0.200. The molecule has 2 aliphatic heterocycles. The molecule has 0 aromatic heterocycles. The number of hydrogen-bond acceptors (Lipinski definition) is 3. The first kappa shape index (κ1) is 24.2. The molecule has 2 amide bonds. The van der Waals surface area contributed by atoms with Gasteiger partial charge in [-0.1, -0.05) is 36.4 Å². The second kappa shape index (κ2) is 8.29. The highest BCUT2D eigenvalue weighted by Gasteiger charge is 2.61. The van der Waals surface area contributed by atoms with Crippen LogP contribution in [0.25, 0.3) is 0 Å². The third-order valence-corrected chi connectivity index (χ3v) is 7.48. The first-order valence-electron chi connectivity index (χ1n) is 10.6. The van der Waals surface area contributed by atoms with Crippen molar-refractivity contribution >= 4 is 35.0 Å². The number of thioether (sulfide) groups is 1. The van der Waals surface area contributed by atoms with Crippen LogP contribution in [0.3, 0.4) is 0 Å². The maximum atomic E-state index is 14.0. The Bertz CT molecular complexity index is 1370. The fourth-order valence-corrected chi connectivity index (χ4v) is 5.92.